The Balaban J connectivity index is 1.94. The molecule has 0 spiro atoms. The molecule has 2 heterocycles. The largest absolute Gasteiger partial charge is 0.305 e. The summed E-state index contributed by atoms with van der Waals surface area (Å²) in [5, 5.41) is 0. The van der Waals surface area contributed by atoms with E-state index in [1.165, 1.54) is 5.56 Å². The molecule has 3 aromatic rings. The van der Waals surface area contributed by atoms with Crippen molar-refractivity contribution in [3.63, 3.8) is 0 Å². The molecule has 0 N–H and O–H groups in total. The average molecular weight is 341 g/mol. The number of nitrogens with zero attached hydrogens (tertiary/aromatic N) is 3. The van der Waals surface area contributed by atoms with Crippen LogP contribution in [0.3, 0.4) is 0 Å². The first-order chi connectivity index (χ1) is 11.5. The van der Waals surface area contributed by atoms with E-state index in [4.69, 9.17) is 0 Å². The smallest absolute Gasteiger partial charge is 0.144 e. The molecule has 0 amide bonds. The molecule has 0 aliphatic rings. The van der Waals surface area contributed by atoms with Crippen LogP contribution >= 0.6 is 0 Å². The maximum Gasteiger partial charge on any atom is 0.144 e. The Morgan fingerprint density at radius 3 is 2.38 bits per heavy atom. The Bertz CT molecular complexity index is 927. The van der Waals surface area contributed by atoms with Gasteiger partial charge in [-0.25, -0.2) is 13.4 Å². The zero-order chi connectivity index (χ0) is 17.1. The van der Waals surface area contributed by atoms with Gasteiger partial charge in [-0.2, -0.15) is 0 Å². The zero-order valence-corrected chi connectivity index (χ0v) is 14.5. The van der Waals surface area contributed by atoms with Gasteiger partial charge in [-0.15, -0.1) is 0 Å². The first-order valence-electron chi connectivity index (χ1n) is 7.63. The molecule has 3 rings (SSSR count). The molecule has 0 radical (unpaired) electrons. The Kier molecular flexibility index (Phi) is 4.87. The summed E-state index contributed by atoms with van der Waals surface area (Å²) >= 11 is 0. The fourth-order valence-electron chi connectivity index (χ4n) is 2.59. The quantitative estimate of drug-likeness (QED) is 0.722. The summed E-state index contributed by atoms with van der Waals surface area (Å²) in [6, 6.07) is 13.9. The van der Waals surface area contributed by atoms with Gasteiger partial charge in [-0.05, 0) is 43.4 Å². The number of thiol groups is 1. The van der Waals surface area contributed by atoms with Crippen LogP contribution in [0.5, 0.6) is 0 Å². The summed E-state index contributed by atoms with van der Waals surface area (Å²) < 4.78 is 21.8. The van der Waals surface area contributed by atoms with Gasteiger partial charge in [0, 0.05) is 18.3 Å². The SMILES string of the molecule is CN(C)Cc1ccc(-c2ccc3ncc(C[SH](=O)=O)cc3n2)cc1. The molecule has 0 aliphatic heterocycles. The van der Waals surface area contributed by atoms with Crippen LogP contribution < -0.4 is 0 Å². The second kappa shape index (κ2) is 7.07. The highest BCUT2D eigenvalue weighted by Gasteiger charge is 2.05. The van der Waals surface area contributed by atoms with Crippen LogP contribution in [0.2, 0.25) is 0 Å². The molecule has 0 atom stereocenters. The van der Waals surface area contributed by atoms with Crippen molar-refractivity contribution in [3.8, 4) is 11.3 Å². The number of pyridine rings is 2. The van der Waals surface area contributed by atoms with E-state index in [0.717, 1.165) is 23.3 Å². The molecule has 0 bridgehead atoms. The van der Waals surface area contributed by atoms with E-state index in [9.17, 15) is 8.42 Å². The highest BCUT2D eigenvalue weighted by atomic mass is 32.2. The Labute approximate surface area is 142 Å². The summed E-state index contributed by atoms with van der Waals surface area (Å²) in [6.45, 7) is 0.895. The number of benzene rings is 1. The lowest BCUT2D eigenvalue weighted by molar-refractivity contribution is 0.402. The van der Waals surface area contributed by atoms with Crippen LogP contribution in [-0.4, -0.2) is 37.4 Å². The lowest BCUT2D eigenvalue weighted by Gasteiger charge is -2.10. The average Bonchev–Trinajstić information content (AvgIpc) is 2.54. The first-order valence-corrected chi connectivity index (χ1v) is 8.99. The highest BCUT2D eigenvalue weighted by Crippen LogP contribution is 2.21. The van der Waals surface area contributed by atoms with Gasteiger partial charge in [0.2, 0.25) is 0 Å². The van der Waals surface area contributed by atoms with E-state index in [1.54, 1.807) is 12.3 Å². The molecule has 0 saturated carbocycles. The fourth-order valence-corrected chi connectivity index (χ4v) is 3.06. The van der Waals surface area contributed by atoms with Gasteiger partial charge >= 0.3 is 0 Å². The third-order valence-corrected chi connectivity index (χ3v) is 4.28. The standard InChI is InChI=1S/C18H19N3O2S/c1-21(2)11-13-3-5-15(6-4-13)16-7-8-17-18(20-16)9-14(10-19-17)12-24(22)23/h3-10,24H,11-12H2,1-2H3. The van der Waals surface area contributed by atoms with Crippen molar-refractivity contribution in [2.24, 2.45) is 0 Å². The van der Waals surface area contributed by atoms with Crippen LogP contribution in [0.15, 0.2) is 48.7 Å². The normalized spacial score (nSPS) is 11.5. The minimum atomic E-state index is -2.47. The van der Waals surface area contributed by atoms with Gasteiger partial charge in [-0.1, -0.05) is 24.3 Å². The molecule has 0 saturated heterocycles. The fraction of sp³-hybridized carbons (Fsp3) is 0.222. The summed E-state index contributed by atoms with van der Waals surface area (Å²) in [4.78, 5) is 11.0. The predicted molar refractivity (Wildman–Crippen MR) is 96.4 cm³/mol. The van der Waals surface area contributed by atoms with E-state index >= 15 is 0 Å². The van der Waals surface area contributed by atoms with Crippen molar-refractivity contribution in [2.45, 2.75) is 12.3 Å². The molecule has 124 valence electrons. The molecule has 2 aromatic heterocycles. The van der Waals surface area contributed by atoms with Crippen molar-refractivity contribution in [2.75, 3.05) is 14.1 Å². The van der Waals surface area contributed by atoms with Crippen molar-refractivity contribution < 1.29 is 8.42 Å². The van der Waals surface area contributed by atoms with Crippen molar-refractivity contribution in [1.29, 1.82) is 0 Å². The van der Waals surface area contributed by atoms with E-state index in [-0.39, 0.29) is 5.75 Å². The van der Waals surface area contributed by atoms with Crippen molar-refractivity contribution in [3.05, 3.63) is 59.8 Å². The summed E-state index contributed by atoms with van der Waals surface area (Å²) in [5.74, 6) is -0.0105. The summed E-state index contributed by atoms with van der Waals surface area (Å²) in [7, 11) is 1.61. The van der Waals surface area contributed by atoms with Crippen LogP contribution in [0.25, 0.3) is 22.3 Å². The number of fused-ring (bicyclic) bond motifs is 1. The van der Waals surface area contributed by atoms with Crippen LogP contribution in [-0.2, 0) is 23.0 Å². The third-order valence-electron chi connectivity index (χ3n) is 3.65. The van der Waals surface area contributed by atoms with Gasteiger partial charge < -0.3 is 4.90 Å². The molecule has 24 heavy (non-hydrogen) atoms. The lowest BCUT2D eigenvalue weighted by Crippen LogP contribution is -2.10. The second-order valence-corrected chi connectivity index (χ2v) is 6.99. The molecular weight excluding hydrogens is 322 g/mol. The van der Waals surface area contributed by atoms with E-state index < -0.39 is 10.7 Å². The van der Waals surface area contributed by atoms with Gasteiger partial charge in [0.1, 0.15) is 10.7 Å². The summed E-state index contributed by atoms with van der Waals surface area (Å²) in [5.41, 5.74) is 5.24. The number of aromatic nitrogens is 2. The van der Waals surface area contributed by atoms with Gasteiger partial charge in [0.05, 0.1) is 22.5 Å². The third kappa shape index (κ3) is 3.96. The molecular formula is C18H19N3O2S. The Morgan fingerprint density at radius 1 is 0.958 bits per heavy atom. The minimum absolute atomic E-state index is 0.0105. The molecule has 0 aliphatic carbocycles. The molecule has 1 aromatic carbocycles. The van der Waals surface area contributed by atoms with Gasteiger partial charge in [0.15, 0.2) is 0 Å². The van der Waals surface area contributed by atoms with Crippen molar-refractivity contribution >= 4 is 21.7 Å². The predicted octanol–water partition coefficient (Wildman–Crippen LogP) is 2.47. The van der Waals surface area contributed by atoms with Crippen LogP contribution in [0.4, 0.5) is 0 Å². The Hall–Kier alpha value is -2.31. The Morgan fingerprint density at radius 2 is 1.71 bits per heavy atom. The highest BCUT2D eigenvalue weighted by molar-refractivity contribution is 7.71. The second-order valence-electron chi connectivity index (χ2n) is 6.00. The minimum Gasteiger partial charge on any atom is -0.305 e. The molecule has 6 heteroatoms. The van der Waals surface area contributed by atoms with Gasteiger partial charge in [0.25, 0.3) is 0 Å². The monoisotopic (exact) mass is 341 g/mol. The molecule has 0 fully saturated rings. The maximum absolute atomic E-state index is 10.9. The van der Waals surface area contributed by atoms with E-state index in [1.807, 2.05) is 26.2 Å². The lowest BCUT2D eigenvalue weighted by atomic mass is 10.1. The number of hydrogen-bond donors (Lipinski definition) is 1. The number of rotatable bonds is 5. The number of hydrogen-bond acceptors (Lipinski definition) is 5. The zero-order valence-electron chi connectivity index (χ0n) is 13.6. The van der Waals surface area contributed by atoms with E-state index in [0.29, 0.717) is 11.1 Å². The van der Waals surface area contributed by atoms with Gasteiger partial charge in [-0.3, -0.25) is 4.98 Å². The summed E-state index contributed by atoms with van der Waals surface area (Å²) in [6.07, 6.45) is 1.59. The van der Waals surface area contributed by atoms with Crippen LogP contribution in [0, 0.1) is 0 Å². The van der Waals surface area contributed by atoms with Crippen LogP contribution in [0.1, 0.15) is 11.1 Å². The molecule has 0 unspecified atom stereocenters. The van der Waals surface area contributed by atoms with E-state index in [2.05, 4.69) is 39.1 Å². The van der Waals surface area contributed by atoms with Crippen molar-refractivity contribution in [1.82, 2.24) is 14.9 Å². The molecule has 5 nitrogen and oxygen atoms in total. The topological polar surface area (TPSA) is 63.2 Å². The maximum atomic E-state index is 10.9. The first kappa shape index (κ1) is 16.5.